The minimum Gasteiger partial charge on any atom is -0.481 e. The zero-order valence-electron chi connectivity index (χ0n) is 22.9. The first-order valence-corrected chi connectivity index (χ1v) is 13.0. The molecule has 1 aromatic heterocycles. The number of amides is 1. The van der Waals surface area contributed by atoms with Crippen molar-refractivity contribution in [2.24, 2.45) is 0 Å². The number of ketones is 1. The number of hydrogen-bond acceptors (Lipinski definition) is 10. The lowest BCUT2D eigenvalue weighted by Crippen LogP contribution is -2.43. The average Bonchev–Trinajstić information content (AvgIpc) is 2.97. The number of carbonyl (C=O) groups is 4. The predicted octanol–water partition coefficient (Wildman–Crippen LogP) is 3.14. The lowest BCUT2D eigenvalue weighted by Gasteiger charge is -2.20. The smallest absolute Gasteiger partial charge is 0.408 e. The number of carboxylic acid groups (broad SMARTS) is 2. The monoisotopic (exact) mass is 588 g/mol. The highest BCUT2D eigenvalue weighted by molar-refractivity contribution is 6.09. The number of Topliss-reactive ketones (excluding diaryl/α,β-unsaturated/α-hetero) is 1. The largest absolute Gasteiger partial charge is 0.481 e. The molecule has 0 spiro atoms. The quantitative estimate of drug-likeness (QED) is 0.119. The van der Waals surface area contributed by atoms with Gasteiger partial charge in [-0.3, -0.25) is 9.59 Å². The van der Waals surface area contributed by atoms with Crippen LogP contribution in [0, 0.1) is 6.92 Å². The van der Waals surface area contributed by atoms with Crippen molar-refractivity contribution in [2.45, 2.75) is 38.5 Å². The van der Waals surface area contributed by atoms with Gasteiger partial charge in [-0.05, 0) is 29.7 Å². The number of nitrogens with one attached hydrogen (secondary N) is 2. The minimum absolute atomic E-state index is 0.0230. The fourth-order valence-electron chi connectivity index (χ4n) is 4.38. The number of aliphatic carboxylic acids is 2. The topological polar surface area (TPSA) is 211 Å². The summed E-state index contributed by atoms with van der Waals surface area (Å²) in [6, 6.07) is 15.8. The Morgan fingerprint density at radius 2 is 1.60 bits per heavy atom. The Morgan fingerprint density at radius 3 is 2.21 bits per heavy atom. The molecule has 0 saturated carbocycles. The second kappa shape index (κ2) is 13.3. The third kappa shape index (κ3) is 7.52. The van der Waals surface area contributed by atoms with Gasteiger partial charge in [0.2, 0.25) is 0 Å². The number of hydrogen-bond donors (Lipinski definition) is 5. The molecule has 0 aliphatic carbocycles. The van der Waals surface area contributed by atoms with Crippen molar-refractivity contribution in [3.8, 4) is 0 Å². The van der Waals surface area contributed by atoms with Crippen LogP contribution in [-0.2, 0) is 27.4 Å². The molecular formula is C30H28N4O9. The Bertz CT molecular complexity index is 1720. The fraction of sp³-hybridized carbons (Fsp3) is 0.200. The van der Waals surface area contributed by atoms with Gasteiger partial charge in [0.1, 0.15) is 12.6 Å². The Morgan fingerprint density at radius 1 is 0.977 bits per heavy atom. The van der Waals surface area contributed by atoms with Crippen molar-refractivity contribution in [1.82, 2.24) is 10.3 Å². The zero-order chi connectivity index (χ0) is 31.1. The summed E-state index contributed by atoms with van der Waals surface area (Å²) in [6.07, 6.45) is -1.57. The maximum absolute atomic E-state index is 13.9. The molecule has 43 heavy (non-hydrogen) atoms. The van der Waals surface area contributed by atoms with Gasteiger partial charge in [-0.1, -0.05) is 60.7 Å². The fourth-order valence-corrected chi connectivity index (χ4v) is 4.38. The molecule has 4 aromatic rings. The van der Waals surface area contributed by atoms with E-state index in [4.69, 9.17) is 20.0 Å². The number of fused-ring (bicyclic) bond motifs is 1. The van der Waals surface area contributed by atoms with Crippen LogP contribution in [0.15, 0.2) is 75.9 Å². The molecule has 0 saturated heterocycles. The van der Waals surface area contributed by atoms with E-state index in [0.29, 0.717) is 0 Å². The molecule has 0 aliphatic rings. The summed E-state index contributed by atoms with van der Waals surface area (Å²) in [5.41, 5.74) is 6.88. The van der Waals surface area contributed by atoms with Crippen LogP contribution in [0.1, 0.15) is 33.5 Å². The molecule has 3 aromatic carbocycles. The first kappa shape index (κ1) is 30.2. The molecule has 4 rings (SSSR count). The maximum atomic E-state index is 13.9. The normalized spacial score (nSPS) is 12.2. The van der Waals surface area contributed by atoms with Crippen LogP contribution >= 0.6 is 0 Å². The van der Waals surface area contributed by atoms with Crippen LogP contribution in [0.25, 0.3) is 10.9 Å². The number of aromatic nitrogens is 1. The summed E-state index contributed by atoms with van der Waals surface area (Å²) in [4.78, 5) is 66.1. The number of nitrogen functional groups attached to an aromatic ring is 1. The summed E-state index contributed by atoms with van der Waals surface area (Å²) in [7, 11) is 0. The van der Waals surface area contributed by atoms with E-state index in [-0.39, 0.29) is 40.7 Å². The summed E-state index contributed by atoms with van der Waals surface area (Å²) >= 11 is 0. The van der Waals surface area contributed by atoms with Gasteiger partial charge in [-0.25, -0.2) is 14.4 Å². The number of carboxylic acids is 2. The van der Waals surface area contributed by atoms with Gasteiger partial charge in [0.05, 0.1) is 23.4 Å². The molecular weight excluding hydrogens is 560 g/mol. The van der Waals surface area contributed by atoms with E-state index in [2.05, 4.69) is 15.6 Å². The van der Waals surface area contributed by atoms with Crippen LogP contribution in [0.3, 0.4) is 0 Å². The van der Waals surface area contributed by atoms with Gasteiger partial charge in [-0.2, -0.15) is 4.98 Å². The molecule has 0 aliphatic heterocycles. The Hall–Kier alpha value is -5.72. The van der Waals surface area contributed by atoms with Crippen molar-refractivity contribution in [3.63, 3.8) is 0 Å². The lowest BCUT2D eigenvalue weighted by molar-refractivity contribution is -0.144. The van der Waals surface area contributed by atoms with Crippen LogP contribution < -0.4 is 22.0 Å². The second-order valence-corrected chi connectivity index (χ2v) is 9.61. The Balaban J connectivity index is 1.68. The Kier molecular flexibility index (Phi) is 9.35. The average molecular weight is 589 g/mol. The van der Waals surface area contributed by atoms with Crippen LogP contribution in [0.5, 0.6) is 0 Å². The number of ether oxygens (including phenoxy) is 1. The zero-order valence-corrected chi connectivity index (χ0v) is 22.9. The second-order valence-electron chi connectivity index (χ2n) is 9.61. The Labute approximate surface area is 244 Å². The van der Waals surface area contributed by atoms with E-state index in [0.717, 1.165) is 11.1 Å². The van der Waals surface area contributed by atoms with Crippen molar-refractivity contribution >= 4 is 46.4 Å². The number of alkyl carbamates (subject to hydrolysis) is 1. The summed E-state index contributed by atoms with van der Waals surface area (Å²) in [5, 5.41) is 23.2. The van der Waals surface area contributed by atoms with Crippen molar-refractivity contribution in [2.75, 3.05) is 11.1 Å². The van der Waals surface area contributed by atoms with E-state index in [1.54, 1.807) is 54.6 Å². The highest BCUT2D eigenvalue weighted by Crippen LogP contribution is 2.27. The van der Waals surface area contributed by atoms with Gasteiger partial charge in [0, 0.05) is 17.7 Å². The molecule has 1 unspecified atom stereocenters. The van der Waals surface area contributed by atoms with Gasteiger partial charge in [-0.15, -0.1) is 0 Å². The molecule has 0 bridgehead atoms. The minimum atomic E-state index is -1.65. The molecule has 0 radical (unpaired) electrons. The molecule has 13 nitrogen and oxygen atoms in total. The first-order chi connectivity index (χ1) is 20.5. The van der Waals surface area contributed by atoms with Crippen LogP contribution in [-0.4, -0.2) is 51.1 Å². The number of nitrogens with zero attached hydrogens (tertiary/aromatic N) is 1. The van der Waals surface area contributed by atoms with E-state index in [1.165, 1.54) is 13.0 Å². The number of nitrogens with two attached hydrogens (primary N) is 1. The molecule has 1 amide bonds. The number of aryl methyl sites for hydroxylation is 1. The lowest BCUT2D eigenvalue weighted by atomic mass is 9.94. The summed E-state index contributed by atoms with van der Waals surface area (Å²) in [6.45, 7) is 1.46. The van der Waals surface area contributed by atoms with Crippen LogP contribution in [0.2, 0.25) is 0 Å². The maximum Gasteiger partial charge on any atom is 0.408 e. The third-order valence-electron chi connectivity index (χ3n) is 6.57. The predicted molar refractivity (Wildman–Crippen MR) is 155 cm³/mol. The molecule has 2 atom stereocenters. The van der Waals surface area contributed by atoms with Gasteiger partial charge >= 0.3 is 23.7 Å². The van der Waals surface area contributed by atoms with E-state index in [9.17, 15) is 29.1 Å². The van der Waals surface area contributed by atoms with Gasteiger partial charge in [0.15, 0.2) is 5.78 Å². The molecule has 1 heterocycles. The highest BCUT2D eigenvalue weighted by Gasteiger charge is 2.28. The molecule has 6 N–H and O–H groups in total. The molecule has 222 valence electrons. The summed E-state index contributed by atoms with van der Waals surface area (Å²) < 4.78 is 10.4. The van der Waals surface area contributed by atoms with Gasteiger partial charge in [0.25, 0.3) is 6.01 Å². The molecule has 13 heteroatoms. The van der Waals surface area contributed by atoms with E-state index in [1.807, 2.05) is 6.07 Å². The van der Waals surface area contributed by atoms with E-state index < -0.39 is 54.0 Å². The molecule has 0 fully saturated rings. The van der Waals surface area contributed by atoms with Crippen molar-refractivity contribution in [1.29, 1.82) is 0 Å². The van der Waals surface area contributed by atoms with Crippen molar-refractivity contribution < 1.29 is 38.5 Å². The highest BCUT2D eigenvalue weighted by atomic mass is 16.5. The SMILES string of the molecule is Cc1c(N)c(C(=O)[C@H](Cc2ccccc2)NC(=O)OCc2ccccc2)cc2nc(NC(CC(=O)O)C(=O)O)oc(=O)c12. The van der Waals surface area contributed by atoms with Gasteiger partial charge < -0.3 is 35.7 Å². The number of benzene rings is 3. The number of anilines is 2. The van der Waals surface area contributed by atoms with Crippen LogP contribution in [0.4, 0.5) is 16.5 Å². The number of carbonyl (C=O) groups excluding carboxylic acids is 2. The standard InChI is InChI=1S/C30H28N4O9/c1-16-24-20(32-29(43-28(24)40)33-22(27(38)39)14-23(35)36)13-19(25(16)31)26(37)21(12-17-8-4-2-5-9-17)34-30(41)42-15-18-10-6-3-7-11-18/h2-11,13,21-22H,12,14-15,31H2,1H3,(H,32,33)(H,34,41)(H,35,36)(H,38,39)/t21-,22?/m0/s1. The summed E-state index contributed by atoms with van der Waals surface area (Å²) in [5.74, 6) is -3.51. The first-order valence-electron chi connectivity index (χ1n) is 13.0. The van der Waals surface area contributed by atoms with E-state index >= 15 is 0 Å². The van der Waals surface area contributed by atoms with Crippen molar-refractivity contribution in [3.05, 3.63) is 99.4 Å². The number of rotatable bonds is 12. The third-order valence-corrected chi connectivity index (χ3v) is 6.57.